The van der Waals surface area contributed by atoms with Gasteiger partial charge in [0.15, 0.2) is 0 Å². The fourth-order valence-electron chi connectivity index (χ4n) is 2.69. The van der Waals surface area contributed by atoms with E-state index in [0.29, 0.717) is 17.2 Å². The van der Waals surface area contributed by atoms with Gasteiger partial charge in [0.1, 0.15) is 0 Å². The van der Waals surface area contributed by atoms with Crippen LogP contribution in [0.2, 0.25) is 10.0 Å². The van der Waals surface area contributed by atoms with E-state index in [1.54, 1.807) is 24.3 Å². The van der Waals surface area contributed by atoms with Crippen LogP contribution in [0.5, 0.6) is 0 Å². The number of hydrogen-bond acceptors (Lipinski definition) is 6. The molecule has 3 N–H and O–H groups in total. The molecule has 0 aliphatic rings. The first-order valence-corrected chi connectivity index (χ1v) is 11.3. The first kappa shape index (κ1) is 22.8. The molecule has 0 radical (unpaired) electrons. The third-order valence-electron chi connectivity index (χ3n) is 4.07. The van der Waals surface area contributed by atoms with E-state index in [2.05, 4.69) is 25.5 Å². The summed E-state index contributed by atoms with van der Waals surface area (Å²) in [5.41, 5.74) is 7.82. The zero-order chi connectivity index (χ0) is 22.6. The van der Waals surface area contributed by atoms with Crippen LogP contribution in [-0.4, -0.2) is 24.3 Å². The molecule has 0 aliphatic heterocycles. The summed E-state index contributed by atoms with van der Waals surface area (Å²) in [7, 11) is -3.83. The van der Waals surface area contributed by atoms with Crippen LogP contribution in [0.4, 0.5) is 11.6 Å². The summed E-state index contributed by atoms with van der Waals surface area (Å²) < 4.78 is 27.5. The highest BCUT2D eigenvalue weighted by atomic mass is 35.5. The summed E-state index contributed by atoms with van der Waals surface area (Å²) in [5.74, 6) is 0.00445. The van der Waals surface area contributed by atoms with E-state index < -0.39 is 10.0 Å². The number of benzene rings is 2. The number of carbonyl (C=O) groups excluding carboxylic acids is 1. The maximum absolute atomic E-state index is 12.5. The second-order valence-electron chi connectivity index (χ2n) is 6.70. The minimum absolute atomic E-state index is 0.00923. The zero-order valence-corrected chi connectivity index (χ0v) is 18.9. The van der Waals surface area contributed by atoms with Crippen molar-refractivity contribution in [1.82, 2.24) is 15.4 Å². The number of hydrogen-bond donors (Lipinski definition) is 3. The van der Waals surface area contributed by atoms with Crippen LogP contribution in [0.15, 0.2) is 53.4 Å². The van der Waals surface area contributed by atoms with E-state index in [9.17, 15) is 13.2 Å². The Labute approximate surface area is 190 Å². The molecule has 3 rings (SSSR count). The molecule has 1 amide bonds. The molecule has 0 saturated carbocycles. The zero-order valence-electron chi connectivity index (χ0n) is 16.6. The second kappa shape index (κ2) is 9.51. The van der Waals surface area contributed by atoms with Gasteiger partial charge < -0.3 is 0 Å². The van der Waals surface area contributed by atoms with Gasteiger partial charge in [-0.05, 0) is 55.8 Å². The van der Waals surface area contributed by atoms with Crippen LogP contribution in [0, 0.1) is 13.8 Å². The van der Waals surface area contributed by atoms with Crippen LogP contribution < -0.4 is 15.6 Å². The van der Waals surface area contributed by atoms with Crippen LogP contribution >= 0.6 is 23.2 Å². The van der Waals surface area contributed by atoms with Gasteiger partial charge in [-0.3, -0.25) is 20.4 Å². The number of nitrogens with zero attached hydrogens (tertiary/aromatic N) is 2. The van der Waals surface area contributed by atoms with Gasteiger partial charge in [0.25, 0.3) is 10.0 Å². The predicted molar refractivity (Wildman–Crippen MR) is 121 cm³/mol. The fraction of sp³-hybridized carbons (Fsp3) is 0.150. The van der Waals surface area contributed by atoms with Crippen molar-refractivity contribution >= 4 is 50.8 Å². The van der Waals surface area contributed by atoms with Crippen molar-refractivity contribution in [3.63, 3.8) is 0 Å². The molecular formula is C20H19Cl2N5O3S. The molecule has 0 atom stereocenters. The van der Waals surface area contributed by atoms with Gasteiger partial charge in [-0.15, -0.1) is 0 Å². The van der Waals surface area contributed by atoms with E-state index in [0.717, 1.165) is 11.4 Å². The number of carbonyl (C=O) groups is 1. The lowest BCUT2D eigenvalue weighted by Gasteiger charge is -2.10. The highest BCUT2D eigenvalue weighted by Gasteiger charge is 2.16. The molecule has 162 valence electrons. The molecule has 1 aromatic heterocycles. The van der Waals surface area contributed by atoms with E-state index in [4.69, 9.17) is 23.2 Å². The Morgan fingerprint density at radius 3 is 2.19 bits per heavy atom. The van der Waals surface area contributed by atoms with E-state index in [1.807, 2.05) is 19.9 Å². The van der Waals surface area contributed by atoms with Crippen molar-refractivity contribution < 1.29 is 13.2 Å². The Hall–Kier alpha value is -2.88. The third kappa shape index (κ3) is 6.30. The minimum atomic E-state index is -3.83. The molecule has 0 fully saturated rings. The topological polar surface area (TPSA) is 113 Å². The molecule has 0 aliphatic carbocycles. The average Bonchev–Trinajstić information content (AvgIpc) is 2.69. The molecular weight excluding hydrogens is 461 g/mol. The smallest absolute Gasteiger partial charge is 0.261 e. The first-order chi connectivity index (χ1) is 14.6. The first-order valence-electron chi connectivity index (χ1n) is 9.06. The SMILES string of the molecule is Cc1cc(C)nc(NNC(=O)Cc2ccc(NS(=O)(=O)c3ccc(Cl)c(Cl)c3)cc2)n1. The highest BCUT2D eigenvalue weighted by Crippen LogP contribution is 2.26. The van der Waals surface area contributed by atoms with Crippen LogP contribution in [0.25, 0.3) is 0 Å². The molecule has 0 saturated heterocycles. The van der Waals surface area contributed by atoms with Crippen molar-refractivity contribution in [2.45, 2.75) is 25.2 Å². The molecule has 1 heterocycles. The highest BCUT2D eigenvalue weighted by molar-refractivity contribution is 7.92. The number of sulfonamides is 1. The Bertz CT molecular complexity index is 1200. The van der Waals surface area contributed by atoms with Gasteiger partial charge in [-0.2, -0.15) is 0 Å². The predicted octanol–water partition coefficient (Wildman–Crippen LogP) is 3.89. The van der Waals surface area contributed by atoms with Crippen molar-refractivity contribution in [3.8, 4) is 0 Å². The van der Waals surface area contributed by atoms with Crippen molar-refractivity contribution in [1.29, 1.82) is 0 Å². The summed E-state index contributed by atoms with van der Waals surface area (Å²) in [6, 6.07) is 12.3. The van der Waals surface area contributed by atoms with Gasteiger partial charge >= 0.3 is 0 Å². The second-order valence-corrected chi connectivity index (χ2v) is 9.20. The van der Waals surface area contributed by atoms with E-state index >= 15 is 0 Å². The average molecular weight is 480 g/mol. The quantitative estimate of drug-likeness (QED) is 0.443. The maximum atomic E-state index is 12.5. The van der Waals surface area contributed by atoms with Crippen molar-refractivity contribution in [2.75, 3.05) is 10.1 Å². The molecule has 0 spiro atoms. The van der Waals surface area contributed by atoms with Gasteiger partial charge in [-0.25, -0.2) is 18.4 Å². The molecule has 11 heteroatoms. The molecule has 0 unspecified atom stereocenters. The lowest BCUT2D eigenvalue weighted by atomic mass is 10.1. The monoisotopic (exact) mass is 479 g/mol. The number of hydrazine groups is 1. The van der Waals surface area contributed by atoms with E-state index in [-0.39, 0.29) is 27.3 Å². The number of anilines is 2. The van der Waals surface area contributed by atoms with Crippen molar-refractivity contribution in [2.24, 2.45) is 0 Å². The third-order valence-corrected chi connectivity index (χ3v) is 6.19. The lowest BCUT2D eigenvalue weighted by molar-refractivity contribution is -0.119. The standard InChI is InChI=1S/C20H19Cl2N5O3S/c1-12-9-13(2)24-20(23-12)26-25-19(28)10-14-3-5-15(6-4-14)27-31(29,30)16-7-8-17(21)18(22)11-16/h3-9,11,27H,10H2,1-2H3,(H,25,28)(H,23,24,26). The molecule has 3 aromatic rings. The summed E-state index contributed by atoms with van der Waals surface area (Å²) in [4.78, 5) is 20.5. The Kier molecular flexibility index (Phi) is 6.99. The summed E-state index contributed by atoms with van der Waals surface area (Å²) in [6.45, 7) is 3.66. The minimum Gasteiger partial charge on any atom is -0.280 e. The van der Waals surface area contributed by atoms with Crippen LogP contribution in [0.3, 0.4) is 0 Å². The largest absolute Gasteiger partial charge is 0.280 e. The number of rotatable bonds is 7. The van der Waals surface area contributed by atoms with Gasteiger partial charge in [0.05, 0.1) is 21.4 Å². The van der Waals surface area contributed by atoms with Crippen LogP contribution in [-0.2, 0) is 21.2 Å². The van der Waals surface area contributed by atoms with E-state index in [1.165, 1.54) is 18.2 Å². The maximum Gasteiger partial charge on any atom is 0.261 e. The Morgan fingerprint density at radius 2 is 1.58 bits per heavy atom. The number of halogens is 2. The van der Waals surface area contributed by atoms with Gasteiger partial charge in [-0.1, -0.05) is 35.3 Å². The molecule has 2 aromatic carbocycles. The summed E-state index contributed by atoms with van der Waals surface area (Å²) in [5, 5.41) is 0.410. The Morgan fingerprint density at radius 1 is 0.935 bits per heavy atom. The fourth-order valence-corrected chi connectivity index (χ4v) is 4.13. The number of amides is 1. The number of aryl methyl sites for hydroxylation is 2. The van der Waals surface area contributed by atoms with Gasteiger partial charge in [0, 0.05) is 17.1 Å². The lowest BCUT2D eigenvalue weighted by Crippen LogP contribution is -2.31. The summed E-state index contributed by atoms with van der Waals surface area (Å²) in [6.07, 6.45) is 0.0810. The van der Waals surface area contributed by atoms with Crippen LogP contribution in [0.1, 0.15) is 17.0 Å². The Balaban J connectivity index is 1.59. The van der Waals surface area contributed by atoms with Gasteiger partial charge in [0.2, 0.25) is 11.9 Å². The molecule has 8 nitrogen and oxygen atoms in total. The normalized spacial score (nSPS) is 11.1. The molecule has 0 bridgehead atoms. The molecule has 31 heavy (non-hydrogen) atoms. The number of nitrogens with one attached hydrogen (secondary N) is 3. The summed E-state index contributed by atoms with van der Waals surface area (Å²) >= 11 is 11.7. The number of aromatic nitrogens is 2. The van der Waals surface area contributed by atoms with Crippen molar-refractivity contribution in [3.05, 3.63) is 75.5 Å².